The molecule has 13 heteroatoms. The fourth-order valence-corrected chi connectivity index (χ4v) is 5.42. The fourth-order valence-electron chi connectivity index (χ4n) is 5.42. The lowest BCUT2D eigenvalue weighted by Gasteiger charge is -2.25. The molecular weight excluding hydrogens is 568 g/mol. The van der Waals surface area contributed by atoms with E-state index >= 15 is 0 Å². The third-order valence-electron chi connectivity index (χ3n) is 7.60. The van der Waals surface area contributed by atoms with Crippen molar-refractivity contribution >= 4 is 16.7 Å². The molecule has 1 saturated heterocycles. The largest absolute Gasteiger partial charge is 0.435 e. The van der Waals surface area contributed by atoms with Gasteiger partial charge in [0.25, 0.3) is 0 Å². The molecule has 0 aliphatic carbocycles. The Morgan fingerprint density at radius 1 is 1.07 bits per heavy atom. The fraction of sp³-hybridized carbons (Fsp3) is 0.267. The van der Waals surface area contributed by atoms with E-state index in [1.54, 1.807) is 25.1 Å². The summed E-state index contributed by atoms with van der Waals surface area (Å²) in [6.07, 6.45) is 3.16. The normalized spacial score (nSPS) is 14.9. The smallest absolute Gasteiger partial charge is 0.387 e. The van der Waals surface area contributed by atoms with Gasteiger partial charge in [-0.05, 0) is 80.2 Å². The number of rotatable bonds is 8. The monoisotopic (exact) mass is 596 g/mol. The lowest BCUT2D eigenvalue weighted by Crippen LogP contribution is -2.27. The van der Waals surface area contributed by atoms with Crippen molar-refractivity contribution in [3.63, 3.8) is 0 Å². The average molecular weight is 597 g/mol. The van der Waals surface area contributed by atoms with Crippen LogP contribution in [0.5, 0.6) is 17.4 Å². The quantitative estimate of drug-likeness (QED) is 0.166. The van der Waals surface area contributed by atoms with E-state index in [9.17, 15) is 22.7 Å². The van der Waals surface area contributed by atoms with E-state index < -0.39 is 30.1 Å². The number of ether oxygens (including phenoxy) is 2. The van der Waals surface area contributed by atoms with Gasteiger partial charge in [0.05, 0.1) is 18.1 Å². The first-order valence-corrected chi connectivity index (χ1v) is 13.6. The molecule has 6 rings (SSSR count). The van der Waals surface area contributed by atoms with Gasteiger partial charge in [0.2, 0.25) is 11.6 Å². The third kappa shape index (κ3) is 5.60. The van der Waals surface area contributed by atoms with E-state index in [0.29, 0.717) is 39.0 Å². The molecule has 43 heavy (non-hydrogen) atoms. The van der Waals surface area contributed by atoms with Gasteiger partial charge in [0.15, 0.2) is 11.6 Å². The van der Waals surface area contributed by atoms with Gasteiger partial charge in [0, 0.05) is 28.2 Å². The van der Waals surface area contributed by atoms with Crippen molar-refractivity contribution in [3.05, 3.63) is 88.9 Å². The van der Waals surface area contributed by atoms with E-state index in [2.05, 4.69) is 20.4 Å². The highest BCUT2D eigenvalue weighted by Crippen LogP contribution is 2.38. The van der Waals surface area contributed by atoms with E-state index in [-0.39, 0.29) is 23.4 Å². The summed E-state index contributed by atoms with van der Waals surface area (Å²) in [7, 11) is 0. The zero-order chi connectivity index (χ0) is 30.2. The SMILES string of the molecule is Cc1cc(Oc2c(F)cccc2F)ncc1-n1ncc(C(O)c2cc3cc(OC(F)F)c(C4CCNCC4)cc3[nH]2)c1N. The molecule has 4 heterocycles. The van der Waals surface area contributed by atoms with Crippen molar-refractivity contribution in [1.29, 1.82) is 0 Å². The van der Waals surface area contributed by atoms with Crippen molar-refractivity contribution in [1.82, 2.24) is 25.1 Å². The number of nitrogens with two attached hydrogens (primary N) is 1. The van der Waals surface area contributed by atoms with Crippen LogP contribution in [0.3, 0.4) is 0 Å². The zero-order valence-corrected chi connectivity index (χ0v) is 23.0. The molecular formula is C30H28F4N6O3. The highest BCUT2D eigenvalue weighted by atomic mass is 19.3. The van der Waals surface area contributed by atoms with Crippen LogP contribution in [0.1, 0.15) is 47.2 Å². The molecule has 0 radical (unpaired) electrons. The van der Waals surface area contributed by atoms with Crippen LogP contribution in [0.4, 0.5) is 23.4 Å². The summed E-state index contributed by atoms with van der Waals surface area (Å²) in [6.45, 7) is 0.315. The first-order valence-electron chi connectivity index (χ1n) is 13.6. The minimum absolute atomic E-state index is 0.0339. The van der Waals surface area contributed by atoms with Crippen LogP contribution in [0.25, 0.3) is 16.6 Å². The maximum absolute atomic E-state index is 14.0. The Kier molecular flexibility index (Phi) is 7.67. The van der Waals surface area contributed by atoms with E-state index in [1.165, 1.54) is 29.2 Å². The number of aromatic amines is 1. The number of benzene rings is 2. The molecule has 1 unspecified atom stereocenters. The molecule has 0 bridgehead atoms. The number of nitrogens with one attached hydrogen (secondary N) is 2. The second kappa shape index (κ2) is 11.6. The Labute approximate surface area is 243 Å². The molecule has 0 amide bonds. The van der Waals surface area contributed by atoms with Crippen molar-refractivity contribution in [3.8, 4) is 23.1 Å². The van der Waals surface area contributed by atoms with Crippen molar-refractivity contribution in [2.24, 2.45) is 0 Å². The summed E-state index contributed by atoms with van der Waals surface area (Å²) >= 11 is 0. The topological polar surface area (TPSA) is 123 Å². The van der Waals surface area contributed by atoms with Crippen LogP contribution in [0.15, 0.2) is 54.9 Å². The molecule has 2 aromatic carbocycles. The van der Waals surface area contributed by atoms with Gasteiger partial charge in [-0.1, -0.05) is 6.07 Å². The van der Waals surface area contributed by atoms with Crippen LogP contribution in [-0.2, 0) is 0 Å². The van der Waals surface area contributed by atoms with E-state index in [4.69, 9.17) is 15.2 Å². The van der Waals surface area contributed by atoms with Crippen molar-refractivity contribution in [2.75, 3.05) is 18.8 Å². The molecule has 1 aliphatic heterocycles. The van der Waals surface area contributed by atoms with Crippen LogP contribution in [0, 0.1) is 18.6 Å². The van der Waals surface area contributed by atoms with Crippen molar-refractivity contribution in [2.45, 2.75) is 38.4 Å². The summed E-state index contributed by atoms with van der Waals surface area (Å²) in [5.74, 6) is -2.03. The molecule has 9 nitrogen and oxygen atoms in total. The number of hydrogen-bond donors (Lipinski definition) is 4. The van der Waals surface area contributed by atoms with Gasteiger partial charge in [-0.15, -0.1) is 0 Å². The lowest BCUT2D eigenvalue weighted by atomic mass is 9.89. The Bertz CT molecular complexity index is 1760. The van der Waals surface area contributed by atoms with Gasteiger partial charge in [0.1, 0.15) is 17.7 Å². The summed E-state index contributed by atoms with van der Waals surface area (Å²) in [5, 5.41) is 19.4. The number of aliphatic hydroxyl groups excluding tert-OH is 1. The number of aryl methyl sites for hydroxylation is 1. The molecule has 0 saturated carbocycles. The predicted molar refractivity (Wildman–Crippen MR) is 151 cm³/mol. The second-order valence-electron chi connectivity index (χ2n) is 10.4. The zero-order valence-electron chi connectivity index (χ0n) is 23.0. The molecule has 5 aromatic rings. The second-order valence-corrected chi connectivity index (χ2v) is 10.4. The number of piperidine rings is 1. The maximum Gasteiger partial charge on any atom is 0.387 e. The minimum atomic E-state index is -2.97. The molecule has 1 atom stereocenters. The number of H-pyrrole nitrogens is 1. The minimum Gasteiger partial charge on any atom is -0.435 e. The summed E-state index contributed by atoms with van der Waals surface area (Å²) < 4.78 is 66.1. The maximum atomic E-state index is 14.0. The molecule has 3 aromatic heterocycles. The average Bonchev–Trinajstić information content (AvgIpc) is 3.57. The van der Waals surface area contributed by atoms with Crippen LogP contribution in [-0.4, -0.2) is 44.6 Å². The number of pyridine rings is 1. The number of aliphatic hydroxyl groups is 1. The third-order valence-corrected chi connectivity index (χ3v) is 7.60. The number of para-hydroxylation sites is 1. The first kappa shape index (κ1) is 28.5. The lowest BCUT2D eigenvalue weighted by molar-refractivity contribution is -0.0506. The number of alkyl halides is 2. The highest BCUT2D eigenvalue weighted by molar-refractivity contribution is 5.84. The molecule has 1 aliphatic rings. The summed E-state index contributed by atoms with van der Waals surface area (Å²) in [6, 6.07) is 9.88. The number of anilines is 1. The number of nitrogens with zero attached hydrogens (tertiary/aromatic N) is 3. The number of halogens is 4. The Hall–Kier alpha value is -4.62. The van der Waals surface area contributed by atoms with Gasteiger partial charge in [-0.3, -0.25) is 0 Å². The van der Waals surface area contributed by atoms with Crippen molar-refractivity contribution < 1.29 is 32.1 Å². The summed E-state index contributed by atoms with van der Waals surface area (Å²) in [5.41, 5.74) is 9.47. The number of aromatic nitrogens is 4. The number of fused-ring (bicyclic) bond motifs is 1. The predicted octanol–water partition coefficient (Wildman–Crippen LogP) is 5.86. The first-order chi connectivity index (χ1) is 20.7. The van der Waals surface area contributed by atoms with Crippen LogP contribution >= 0.6 is 0 Å². The van der Waals surface area contributed by atoms with Gasteiger partial charge in [-0.25, -0.2) is 18.4 Å². The summed E-state index contributed by atoms with van der Waals surface area (Å²) in [4.78, 5) is 7.33. The van der Waals surface area contributed by atoms with E-state index in [1.807, 2.05) is 0 Å². The molecule has 224 valence electrons. The van der Waals surface area contributed by atoms with Gasteiger partial charge < -0.3 is 30.6 Å². The van der Waals surface area contributed by atoms with E-state index in [0.717, 1.165) is 38.1 Å². The Balaban J connectivity index is 1.28. The number of hydrogen-bond acceptors (Lipinski definition) is 7. The van der Waals surface area contributed by atoms with Crippen LogP contribution in [0.2, 0.25) is 0 Å². The van der Waals surface area contributed by atoms with Gasteiger partial charge in [-0.2, -0.15) is 13.9 Å². The Morgan fingerprint density at radius 3 is 2.51 bits per heavy atom. The van der Waals surface area contributed by atoms with Gasteiger partial charge >= 0.3 is 6.61 Å². The number of nitrogen functional groups attached to an aromatic ring is 1. The highest BCUT2D eigenvalue weighted by Gasteiger charge is 2.25. The molecule has 5 N–H and O–H groups in total. The van der Waals surface area contributed by atoms with Crippen LogP contribution < -0.4 is 20.5 Å². The molecule has 1 fully saturated rings. The molecule has 0 spiro atoms. The standard InChI is InChI=1S/C30H28F4N6O3/c1-15-9-26(43-28-20(31)3-2-4-21(28)32)37-14-24(15)40-29(35)19(13-38-40)27(41)23-10-17-11-25(42-30(33)34)18(12-22(17)39-23)16-5-7-36-8-6-16/h2-4,9-14,16,27,30,36,39,41H,5-8,35H2,1H3. The Morgan fingerprint density at radius 2 is 1.81 bits per heavy atom.